The number of carbonyl (C=O) groups is 1. The number of methoxy groups -OCH3 is 1. The van der Waals surface area contributed by atoms with Crippen molar-refractivity contribution in [2.75, 3.05) is 7.11 Å². The summed E-state index contributed by atoms with van der Waals surface area (Å²) in [6, 6.07) is 15.3. The Kier molecular flexibility index (Phi) is 3.79. The number of rotatable bonds is 3. The third kappa shape index (κ3) is 2.90. The normalized spacial score (nSPS) is 9.47. The Morgan fingerprint density at radius 3 is 2.47 bits per heavy atom. The fraction of sp³-hybridized carbons (Fsp3) is 0.0667. The highest BCUT2D eigenvalue weighted by Gasteiger charge is 2.12. The summed E-state index contributed by atoms with van der Waals surface area (Å²) in [4.78, 5) is 11.9. The predicted molar refractivity (Wildman–Crippen MR) is 69.1 cm³/mol. The average molecular weight is 253 g/mol. The molecule has 19 heavy (non-hydrogen) atoms. The quantitative estimate of drug-likeness (QED) is 0.623. The molecule has 0 aliphatic heterocycles. The van der Waals surface area contributed by atoms with E-state index < -0.39 is 5.97 Å². The van der Waals surface area contributed by atoms with E-state index in [-0.39, 0.29) is 5.75 Å². The van der Waals surface area contributed by atoms with Crippen molar-refractivity contribution in [3.05, 3.63) is 59.7 Å². The van der Waals surface area contributed by atoms with Crippen LogP contribution in [-0.4, -0.2) is 13.1 Å². The fourth-order valence-corrected chi connectivity index (χ4v) is 1.55. The molecule has 0 saturated heterocycles. The van der Waals surface area contributed by atoms with Crippen LogP contribution in [-0.2, 0) is 0 Å². The Hall–Kier alpha value is -2.80. The van der Waals surface area contributed by atoms with E-state index in [2.05, 4.69) is 0 Å². The molecule has 0 heterocycles. The molecule has 2 aromatic rings. The second-order valence-corrected chi connectivity index (χ2v) is 3.73. The maximum Gasteiger partial charge on any atom is 0.343 e. The number of hydrogen-bond donors (Lipinski definition) is 0. The first-order chi connectivity index (χ1) is 9.24. The molecule has 0 atom stereocenters. The first-order valence-corrected chi connectivity index (χ1v) is 5.60. The summed E-state index contributed by atoms with van der Waals surface area (Å²) in [5.74, 6) is 0.169. The second-order valence-electron chi connectivity index (χ2n) is 3.73. The Balaban J connectivity index is 2.24. The monoisotopic (exact) mass is 253 g/mol. The summed E-state index contributed by atoms with van der Waals surface area (Å²) in [7, 11) is 1.45. The second kappa shape index (κ2) is 5.69. The van der Waals surface area contributed by atoms with E-state index in [1.807, 2.05) is 12.1 Å². The lowest BCUT2D eigenvalue weighted by Crippen LogP contribution is -2.09. The molecule has 0 fully saturated rings. The van der Waals surface area contributed by atoms with Crippen LogP contribution in [0.25, 0.3) is 0 Å². The van der Waals surface area contributed by atoms with Gasteiger partial charge in [0.05, 0.1) is 24.3 Å². The van der Waals surface area contributed by atoms with Crippen LogP contribution in [0.3, 0.4) is 0 Å². The van der Waals surface area contributed by atoms with Crippen LogP contribution in [0, 0.1) is 11.3 Å². The summed E-state index contributed by atoms with van der Waals surface area (Å²) in [5, 5.41) is 8.80. The minimum Gasteiger partial charge on any atom is -0.493 e. The number of hydrogen-bond acceptors (Lipinski definition) is 4. The van der Waals surface area contributed by atoms with Crippen molar-refractivity contribution in [1.29, 1.82) is 5.26 Å². The van der Waals surface area contributed by atoms with Gasteiger partial charge in [-0.25, -0.2) is 4.79 Å². The standard InChI is InChI=1S/C15H11NO3/c1-18-14-9-11(10-16)7-8-13(14)19-15(17)12-5-3-2-4-6-12/h2-9H,1H3. The molecule has 0 aliphatic carbocycles. The first kappa shape index (κ1) is 12.7. The summed E-state index contributed by atoms with van der Waals surface area (Å²) in [6.45, 7) is 0. The highest BCUT2D eigenvalue weighted by Crippen LogP contribution is 2.28. The summed E-state index contributed by atoms with van der Waals surface area (Å²) in [6.07, 6.45) is 0. The van der Waals surface area contributed by atoms with E-state index in [0.717, 1.165) is 0 Å². The zero-order valence-electron chi connectivity index (χ0n) is 10.3. The molecule has 0 radical (unpaired) electrons. The van der Waals surface area contributed by atoms with E-state index in [4.69, 9.17) is 14.7 Å². The molecule has 0 unspecified atom stereocenters. The number of nitriles is 1. The topological polar surface area (TPSA) is 59.3 Å². The molecule has 4 nitrogen and oxygen atoms in total. The van der Waals surface area contributed by atoms with Crippen LogP contribution in [0.15, 0.2) is 48.5 Å². The Bertz CT molecular complexity index is 630. The SMILES string of the molecule is COc1cc(C#N)ccc1OC(=O)c1ccccc1. The third-order valence-corrected chi connectivity index (χ3v) is 2.50. The number of benzene rings is 2. The van der Waals surface area contributed by atoms with Gasteiger partial charge >= 0.3 is 5.97 Å². The van der Waals surface area contributed by atoms with E-state index in [0.29, 0.717) is 16.9 Å². The highest BCUT2D eigenvalue weighted by molar-refractivity contribution is 5.91. The molecule has 0 aromatic heterocycles. The molecule has 2 rings (SSSR count). The Morgan fingerprint density at radius 2 is 1.84 bits per heavy atom. The van der Waals surface area contributed by atoms with Crippen molar-refractivity contribution in [3.63, 3.8) is 0 Å². The zero-order valence-corrected chi connectivity index (χ0v) is 10.3. The van der Waals surface area contributed by atoms with E-state index in [9.17, 15) is 4.79 Å². The van der Waals surface area contributed by atoms with E-state index in [1.165, 1.54) is 19.2 Å². The maximum absolute atomic E-state index is 11.9. The summed E-state index contributed by atoms with van der Waals surface area (Å²) >= 11 is 0. The van der Waals surface area contributed by atoms with Gasteiger partial charge in [0.1, 0.15) is 0 Å². The van der Waals surface area contributed by atoms with Gasteiger partial charge in [0.15, 0.2) is 11.5 Å². The molecule has 0 bridgehead atoms. The van der Waals surface area contributed by atoms with Crippen molar-refractivity contribution in [2.45, 2.75) is 0 Å². The van der Waals surface area contributed by atoms with Gasteiger partial charge in [0.25, 0.3) is 0 Å². The minimum absolute atomic E-state index is 0.287. The molecule has 0 aliphatic rings. The van der Waals surface area contributed by atoms with Gasteiger partial charge in [0.2, 0.25) is 0 Å². The van der Waals surface area contributed by atoms with Gasteiger partial charge in [-0.3, -0.25) is 0 Å². The first-order valence-electron chi connectivity index (χ1n) is 5.60. The Labute approximate surface area is 110 Å². The molecular formula is C15H11NO3. The van der Waals surface area contributed by atoms with Crippen molar-refractivity contribution in [2.24, 2.45) is 0 Å². The van der Waals surface area contributed by atoms with Crippen molar-refractivity contribution >= 4 is 5.97 Å². The molecule has 0 N–H and O–H groups in total. The number of esters is 1. The Morgan fingerprint density at radius 1 is 1.11 bits per heavy atom. The minimum atomic E-state index is -0.469. The van der Waals surface area contributed by atoms with Crippen LogP contribution >= 0.6 is 0 Å². The lowest BCUT2D eigenvalue weighted by atomic mass is 10.2. The maximum atomic E-state index is 11.9. The molecule has 0 amide bonds. The van der Waals surface area contributed by atoms with Gasteiger partial charge in [0, 0.05) is 6.07 Å². The average Bonchev–Trinajstić information content (AvgIpc) is 2.48. The van der Waals surface area contributed by atoms with Crippen LogP contribution in [0.1, 0.15) is 15.9 Å². The van der Waals surface area contributed by atoms with Crippen LogP contribution in [0.5, 0.6) is 11.5 Å². The number of carbonyl (C=O) groups excluding carboxylic acids is 1. The largest absolute Gasteiger partial charge is 0.493 e. The van der Waals surface area contributed by atoms with Gasteiger partial charge in [-0.15, -0.1) is 0 Å². The number of nitrogens with zero attached hydrogens (tertiary/aromatic N) is 1. The van der Waals surface area contributed by atoms with Crippen LogP contribution in [0.4, 0.5) is 0 Å². The molecule has 2 aromatic carbocycles. The van der Waals surface area contributed by atoms with Gasteiger partial charge in [-0.2, -0.15) is 5.26 Å². The smallest absolute Gasteiger partial charge is 0.343 e. The molecule has 0 spiro atoms. The van der Waals surface area contributed by atoms with E-state index in [1.54, 1.807) is 30.3 Å². The number of ether oxygens (including phenoxy) is 2. The van der Waals surface area contributed by atoms with Crippen LogP contribution < -0.4 is 9.47 Å². The lowest BCUT2D eigenvalue weighted by molar-refractivity contribution is 0.0729. The molecular weight excluding hydrogens is 242 g/mol. The lowest BCUT2D eigenvalue weighted by Gasteiger charge is -2.09. The summed E-state index contributed by atoms with van der Waals surface area (Å²) in [5.41, 5.74) is 0.894. The highest BCUT2D eigenvalue weighted by atomic mass is 16.6. The van der Waals surface area contributed by atoms with Crippen LogP contribution in [0.2, 0.25) is 0 Å². The van der Waals surface area contributed by atoms with Gasteiger partial charge < -0.3 is 9.47 Å². The van der Waals surface area contributed by atoms with Crippen molar-refractivity contribution in [1.82, 2.24) is 0 Å². The van der Waals surface area contributed by atoms with Crippen molar-refractivity contribution in [3.8, 4) is 17.6 Å². The molecule has 4 heteroatoms. The summed E-state index contributed by atoms with van der Waals surface area (Å²) < 4.78 is 10.3. The zero-order chi connectivity index (χ0) is 13.7. The fourth-order valence-electron chi connectivity index (χ4n) is 1.55. The van der Waals surface area contributed by atoms with Crippen molar-refractivity contribution < 1.29 is 14.3 Å². The predicted octanol–water partition coefficient (Wildman–Crippen LogP) is 2.79. The van der Waals surface area contributed by atoms with Gasteiger partial charge in [-0.05, 0) is 24.3 Å². The third-order valence-electron chi connectivity index (χ3n) is 2.50. The van der Waals surface area contributed by atoms with E-state index >= 15 is 0 Å². The molecule has 94 valence electrons. The molecule has 0 saturated carbocycles. The van der Waals surface area contributed by atoms with Gasteiger partial charge in [-0.1, -0.05) is 18.2 Å².